The Bertz CT molecular complexity index is 1080. The fourth-order valence-electron chi connectivity index (χ4n) is 3.46. The summed E-state index contributed by atoms with van der Waals surface area (Å²) in [5.74, 6) is -0.717. The van der Waals surface area contributed by atoms with Crippen LogP contribution in [0, 0.1) is 0 Å². The minimum Gasteiger partial charge on any atom is -0.748 e. The highest BCUT2D eigenvalue weighted by Crippen LogP contribution is 2.42. The molecule has 0 amide bonds. The first kappa shape index (κ1) is 25.4. The second kappa shape index (κ2) is 9.89. The predicted octanol–water partition coefficient (Wildman–Crippen LogP) is 0.662. The van der Waals surface area contributed by atoms with Crippen molar-refractivity contribution in [2.24, 2.45) is 0 Å². The van der Waals surface area contributed by atoms with E-state index in [4.69, 9.17) is 17.2 Å². The maximum absolute atomic E-state index is 11.0. The Balaban J connectivity index is 0.000000960. The van der Waals surface area contributed by atoms with Crippen molar-refractivity contribution in [3.8, 4) is 0 Å². The van der Waals surface area contributed by atoms with Gasteiger partial charge in [-0.1, -0.05) is 18.2 Å². The summed E-state index contributed by atoms with van der Waals surface area (Å²) in [4.78, 5) is 0. The van der Waals surface area contributed by atoms with Crippen LogP contribution in [-0.4, -0.2) is 66.9 Å². The smallest absolute Gasteiger partial charge is 0.425 e. The lowest BCUT2D eigenvalue weighted by Crippen LogP contribution is -2.31. The Labute approximate surface area is 171 Å². The van der Waals surface area contributed by atoms with Crippen molar-refractivity contribution in [1.82, 2.24) is 0 Å². The van der Waals surface area contributed by atoms with Gasteiger partial charge in [0.15, 0.2) is 5.71 Å². The van der Waals surface area contributed by atoms with Crippen LogP contribution < -0.4 is 0 Å². The molecule has 164 valence electrons. The third-order valence-electron chi connectivity index (χ3n) is 4.85. The zero-order valence-electron chi connectivity index (χ0n) is 15.9. The standard InChI is InChI=1S/C16H23NO6S2.O3S/c1-13-16(2,9-5-11-24(18,19)20)14-7-3-4-8-15(14)17(13)10-6-12-25(21,22)23;1-4(2)3/h3-4,7-8H,5-6,9-12H2,1-2H3,(H-,18,19,20,21,22,23);. The Kier molecular flexibility index (Phi) is 8.65. The molecule has 1 aromatic carbocycles. The van der Waals surface area contributed by atoms with Crippen LogP contribution in [0.15, 0.2) is 24.3 Å². The Morgan fingerprint density at radius 3 is 2.14 bits per heavy atom. The molecule has 1 N–H and O–H groups in total. The monoisotopic (exact) mass is 469 g/mol. The number of nitrogens with zero attached hydrogens (tertiary/aromatic N) is 1. The van der Waals surface area contributed by atoms with Gasteiger partial charge in [-0.15, -0.1) is 12.6 Å². The van der Waals surface area contributed by atoms with E-state index >= 15 is 0 Å². The highest BCUT2D eigenvalue weighted by molar-refractivity contribution is 7.85. The van der Waals surface area contributed by atoms with Crippen LogP contribution >= 0.6 is 0 Å². The molecule has 10 nitrogen and oxygen atoms in total. The summed E-state index contributed by atoms with van der Waals surface area (Å²) in [6.07, 6.45) is 1.06. The molecule has 0 radical (unpaired) electrons. The van der Waals surface area contributed by atoms with Crippen molar-refractivity contribution < 1.29 is 43.1 Å². The molecule has 0 fully saturated rings. The van der Waals surface area contributed by atoms with Gasteiger partial charge in [0.1, 0.15) is 6.54 Å². The van der Waals surface area contributed by atoms with Gasteiger partial charge in [0.25, 0.3) is 10.1 Å². The normalized spacial score (nSPS) is 18.8. The fraction of sp³-hybridized carbons (Fsp3) is 0.562. The first-order chi connectivity index (χ1) is 13.2. The maximum atomic E-state index is 11.0. The van der Waals surface area contributed by atoms with Gasteiger partial charge in [-0.25, -0.2) is 8.42 Å². The summed E-state index contributed by atoms with van der Waals surface area (Å²) < 4.78 is 90.8. The van der Waals surface area contributed by atoms with Gasteiger partial charge in [-0.3, -0.25) is 4.55 Å². The van der Waals surface area contributed by atoms with E-state index in [-0.39, 0.29) is 12.2 Å². The zero-order valence-corrected chi connectivity index (χ0v) is 18.4. The quantitative estimate of drug-likeness (QED) is 0.425. The van der Waals surface area contributed by atoms with E-state index in [9.17, 15) is 21.4 Å². The van der Waals surface area contributed by atoms with E-state index in [1.54, 1.807) is 0 Å². The van der Waals surface area contributed by atoms with Gasteiger partial charge >= 0.3 is 10.6 Å². The molecule has 13 heteroatoms. The predicted molar refractivity (Wildman–Crippen MR) is 104 cm³/mol. The van der Waals surface area contributed by atoms with Crippen molar-refractivity contribution in [1.29, 1.82) is 0 Å². The molecule has 0 saturated carbocycles. The molecule has 1 atom stereocenters. The maximum Gasteiger partial charge on any atom is 0.425 e. The van der Waals surface area contributed by atoms with Crippen molar-refractivity contribution >= 4 is 42.2 Å². The molecule has 29 heavy (non-hydrogen) atoms. The zero-order chi connectivity index (χ0) is 22.5. The van der Waals surface area contributed by atoms with E-state index in [2.05, 4.69) is 0 Å². The van der Waals surface area contributed by atoms with Crippen molar-refractivity contribution in [2.75, 3.05) is 18.1 Å². The molecule has 1 aliphatic heterocycles. The van der Waals surface area contributed by atoms with Gasteiger partial charge in [-0.05, 0) is 19.8 Å². The number of para-hydroxylation sites is 1. The van der Waals surface area contributed by atoms with Crippen molar-refractivity contribution in [2.45, 2.75) is 38.5 Å². The Morgan fingerprint density at radius 1 is 1.07 bits per heavy atom. The lowest BCUT2D eigenvalue weighted by molar-refractivity contribution is -0.438. The number of hydrogen-bond donors (Lipinski definition) is 1. The molecule has 1 heterocycles. The minimum absolute atomic E-state index is 0.221. The number of hydrogen-bond acceptors (Lipinski definition) is 8. The topological polar surface area (TPSA) is 166 Å². The molecule has 0 saturated heterocycles. The summed E-state index contributed by atoms with van der Waals surface area (Å²) in [7, 11) is -11.4. The average Bonchev–Trinajstić information content (AvgIpc) is 2.75. The molecule has 1 aliphatic rings. The van der Waals surface area contributed by atoms with Gasteiger partial charge < -0.3 is 4.55 Å². The molecule has 2 rings (SSSR count). The van der Waals surface area contributed by atoms with Crippen LogP contribution in [0.2, 0.25) is 0 Å². The highest BCUT2D eigenvalue weighted by Gasteiger charge is 2.45. The number of benzene rings is 1. The van der Waals surface area contributed by atoms with Crippen LogP contribution in [0.25, 0.3) is 0 Å². The molecule has 0 aliphatic carbocycles. The molecule has 0 aromatic heterocycles. The third kappa shape index (κ3) is 7.93. The average molecular weight is 470 g/mol. The van der Waals surface area contributed by atoms with E-state index in [1.807, 2.05) is 42.7 Å². The molecule has 1 unspecified atom stereocenters. The highest BCUT2D eigenvalue weighted by atomic mass is 32.2. The van der Waals surface area contributed by atoms with Crippen LogP contribution in [0.3, 0.4) is 0 Å². The van der Waals surface area contributed by atoms with E-state index in [0.29, 0.717) is 19.4 Å². The van der Waals surface area contributed by atoms with Crippen LogP contribution in [0.4, 0.5) is 5.69 Å². The largest absolute Gasteiger partial charge is 0.748 e. The molecular formula is C16H23NO9S3. The van der Waals surface area contributed by atoms with Gasteiger partial charge in [-0.2, -0.15) is 13.0 Å². The van der Waals surface area contributed by atoms with Gasteiger partial charge in [0, 0.05) is 30.7 Å². The fourth-order valence-corrected chi connectivity index (χ4v) is 4.45. The first-order valence-electron chi connectivity index (χ1n) is 8.54. The Hall–Kier alpha value is -1.67. The third-order valence-corrected chi connectivity index (χ3v) is 6.44. The number of rotatable bonds is 8. The Morgan fingerprint density at radius 2 is 1.62 bits per heavy atom. The van der Waals surface area contributed by atoms with Crippen molar-refractivity contribution in [3.63, 3.8) is 0 Å². The lowest BCUT2D eigenvalue weighted by Gasteiger charge is -2.21. The van der Waals surface area contributed by atoms with Crippen LogP contribution in [0.5, 0.6) is 0 Å². The minimum atomic E-state index is -4.25. The second-order valence-electron chi connectivity index (χ2n) is 6.80. The summed E-state index contributed by atoms with van der Waals surface area (Å²) in [6.45, 7) is 4.34. The molecule has 1 aromatic rings. The van der Waals surface area contributed by atoms with E-state index in [1.165, 1.54) is 0 Å². The van der Waals surface area contributed by atoms with Crippen LogP contribution in [-0.2, 0) is 36.3 Å². The SMILES string of the molecule is CC1=[N+](CCCS(=O)(=O)[O-])c2ccccc2C1(C)CCCS(=O)(=O)O.O=S(=O)=O. The van der Waals surface area contributed by atoms with Gasteiger partial charge in [0.2, 0.25) is 5.69 Å². The van der Waals surface area contributed by atoms with Crippen molar-refractivity contribution in [3.05, 3.63) is 29.8 Å². The van der Waals surface area contributed by atoms with Crippen LogP contribution in [0.1, 0.15) is 38.7 Å². The van der Waals surface area contributed by atoms with E-state index < -0.39 is 42.0 Å². The molecular weight excluding hydrogens is 446 g/mol. The number of fused-ring (bicyclic) bond motifs is 1. The molecule has 0 bridgehead atoms. The second-order valence-corrected chi connectivity index (χ2v) is 10.3. The summed E-state index contributed by atoms with van der Waals surface area (Å²) in [6, 6.07) is 7.68. The molecule has 0 spiro atoms. The summed E-state index contributed by atoms with van der Waals surface area (Å²) >= 11 is 0. The first-order valence-corrected chi connectivity index (χ1v) is 12.7. The lowest BCUT2D eigenvalue weighted by atomic mass is 9.76. The van der Waals surface area contributed by atoms with E-state index in [0.717, 1.165) is 17.0 Å². The summed E-state index contributed by atoms with van der Waals surface area (Å²) in [5, 5.41) is 0. The summed E-state index contributed by atoms with van der Waals surface area (Å²) in [5.41, 5.74) is 2.55. The van der Waals surface area contributed by atoms with Gasteiger partial charge in [0.05, 0.1) is 21.3 Å².